The van der Waals surface area contributed by atoms with Gasteiger partial charge in [0, 0.05) is 12.5 Å². The van der Waals surface area contributed by atoms with Crippen LogP contribution in [0.4, 0.5) is 0 Å². The monoisotopic (exact) mass is 177 g/mol. The zero-order valence-electron chi connectivity index (χ0n) is 8.42. The molecule has 3 atom stereocenters. The van der Waals surface area contributed by atoms with E-state index in [9.17, 15) is 0 Å². The van der Waals surface area contributed by atoms with Crippen LogP contribution in [0, 0.1) is 30.1 Å². The Morgan fingerprint density at radius 2 is 2.15 bits per heavy atom. The van der Waals surface area contributed by atoms with Crippen molar-refractivity contribution in [1.82, 2.24) is 5.32 Å². The van der Waals surface area contributed by atoms with Crippen molar-refractivity contribution in [3.63, 3.8) is 0 Å². The van der Waals surface area contributed by atoms with Crippen molar-refractivity contribution < 1.29 is 0 Å². The summed E-state index contributed by atoms with van der Waals surface area (Å²) in [5.41, 5.74) is 0. The smallest absolute Gasteiger partial charge is 0.0243 e. The van der Waals surface area contributed by atoms with Gasteiger partial charge in [0.2, 0.25) is 0 Å². The fourth-order valence-electron chi connectivity index (χ4n) is 3.21. The van der Waals surface area contributed by atoms with Gasteiger partial charge in [0.15, 0.2) is 0 Å². The van der Waals surface area contributed by atoms with Crippen molar-refractivity contribution >= 4 is 0 Å². The summed E-state index contributed by atoms with van der Waals surface area (Å²) >= 11 is 0. The van der Waals surface area contributed by atoms with E-state index >= 15 is 0 Å². The van der Waals surface area contributed by atoms with Crippen molar-refractivity contribution in [2.75, 3.05) is 6.54 Å². The second-order valence-corrected chi connectivity index (χ2v) is 4.41. The molecule has 1 nitrogen and oxygen atoms in total. The molecule has 0 aliphatic heterocycles. The molecule has 2 aliphatic rings. The Labute approximate surface area is 81.3 Å². The van der Waals surface area contributed by atoms with E-state index in [-0.39, 0.29) is 0 Å². The molecule has 0 amide bonds. The molecule has 2 saturated carbocycles. The zero-order chi connectivity index (χ0) is 9.26. The maximum Gasteiger partial charge on any atom is 0.0243 e. The zero-order valence-corrected chi connectivity index (χ0v) is 8.42. The number of hydrogen-bond donors (Lipinski definition) is 1. The number of nitrogens with one attached hydrogen (secondary N) is 1. The van der Waals surface area contributed by atoms with E-state index in [2.05, 4.69) is 18.2 Å². The summed E-state index contributed by atoms with van der Waals surface area (Å²) in [4.78, 5) is 0. The summed E-state index contributed by atoms with van der Waals surface area (Å²) in [7, 11) is 0. The van der Waals surface area contributed by atoms with Gasteiger partial charge in [0.25, 0.3) is 0 Å². The van der Waals surface area contributed by atoms with Crippen LogP contribution in [0.5, 0.6) is 0 Å². The lowest BCUT2D eigenvalue weighted by molar-refractivity contribution is 0.419. The molecule has 0 aromatic carbocycles. The molecule has 72 valence electrons. The normalized spacial score (nSPS) is 38.0. The van der Waals surface area contributed by atoms with Crippen molar-refractivity contribution in [2.45, 2.75) is 38.6 Å². The molecule has 0 radical (unpaired) electrons. The highest BCUT2D eigenvalue weighted by atomic mass is 14.9. The van der Waals surface area contributed by atoms with Crippen molar-refractivity contribution in [3.05, 3.63) is 0 Å². The molecule has 0 aromatic heterocycles. The molecule has 2 fully saturated rings. The van der Waals surface area contributed by atoms with E-state index in [1.165, 1.54) is 19.3 Å². The Morgan fingerprint density at radius 3 is 2.69 bits per heavy atom. The predicted octanol–water partition coefficient (Wildman–Crippen LogP) is 2.03. The summed E-state index contributed by atoms with van der Waals surface area (Å²) in [5, 5.41) is 3.53. The Balaban J connectivity index is 1.87. The molecule has 1 heteroatoms. The molecule has 0 saturated heterocycles. The van der Waals surface area contributed by atoms with Crippen LogP contribution in [-0.2, 0) is 0 Å². The van der Waals surface area contributed by atoms with Gasteiger partial charge in [-0.2, -0.15) is 0 Å². The number of rotatable bonds is 4. The first-order chi connectivity index (χ1) is 6.38. The third-order valence-electron chi connectivity index (χ3n) is 3.74. The average molecular weight is 177 g/mol. The van der Waals surface area contributed by atoms with Gasteiger partial charge in [0.05, 0.1) is 0 Å². The fraction of sp³-hybridized carbons (Fsp3) is 0.833. The highest BCUT2D eigenvalue weighted by molar-refractivity contribution is 5.08. The van der Waals surface area contributed by atoms with Crippen LogP contribution in [0.15, 0.2) is 0 Å². The minimum Gasteiger partial charge on any atom is -0.313 e. The van der Waals surface area contributed by atoms with E-state index in [1.54, 1.807) is 0 Å². The lowest BCUT2D eigenvalue weighted by Crippen LogP contribution is -2.32. The molecule has 13 heavy (non-hydrogen) atoms. The molecular formula is C12H19N. The standard InChI is InChI=1S/C12H19N/c1-3-6-11(13-4-2)12-9-7-5-8-10(9)12/h1,9-13H,4-8H2,2H3. The maximum atomic E-state index is 5.39. The van der Waals surface area contributed by atoms with E-state index in [0.717, 1.165) is 30.7 Å². The van der Waals surface area contributed by atoms with Crippen LogP contribution in [0.1, 0.15) is 32.6 Å². The number of hydrogen-bond acceptors (Lipinski definition) is 1. The maximum absolute atomic E-state index is 5.39. The topological polar surface area (TPSA) is 12.0 Å². The van der Waals surface area contributed by atoms with E-state index in [4.69, 9.17) is 6.42 Å². The highest BCUT2D eigenvalue weighted by Gasteiger charge is 2.55. The van der Waals surface area contributed by atoms with Gasteiger partial charge >= 0.3 is 0 Å². The van der Waals surface area contributed by atoms with Gasteiger partial charge in [-0.25, -0.2) is 0 Å². The van der Waals surface area contributed by atoms with Crippen molar-refractivity contribution in [1.29, 1.82) is 0 Å². The predicted molar refractivity (Wildman–Crippen MR) is 55.2 cm³/mol. The first kappa shape index (κ1) is 9.09. The molecule has 3 unspecified atom stereocenters. The van der Waals surface area contributed by atoms with Gasteiger partial charge in [-0.05, 0) is 37.1 Å². The largest absolute Gasteiger partial charge is 0.313 e. The molecule has 0 bridgehead atoms. The molecule has 1 N–H and O–H groups in total. The Morgan fingerprint density at radius 1 is 1.46 bits per heavy atom. The van der Waals surface area contributed by atoms with Gasteiger partial charge in [-0.1, -0.05) is 13.3 Å². The SMILES string of the molecule is C#CCC(NCC)C1C2CCCC21. The summed E-state index contributed by atoms with van der Waals surface area (Å²) in [6, 6.07) is 0.616. The molecule has 2 aliphatic carbocycles. The van der Waals surface area contributed by atoms with E-state index in [1.807, 2.05) is 0 Å². The van der Waals surface area contributed by atoms with Crippen molar-refractivity contribution in [3.8, 4) is 12.3 Å². The van der Waals surface area contributed by atoms with Crippen LogP contribution < -0.4 is 5.32 Å². The first-order valence-electron chi connectivity index (χ1n) is 5.55. The van der Waals surface area contributed by atoms with Crippen LogP contribution in [0.25, 0.3) is 0 Å². The fourth-order valence-corrected chi connectivity index (χ4v) is 3.21. The molecule has 2 rings (SSSR count). The number of terminal acetylenes is 1. The van der Waals surface area contributed by atoms with Gasteiger partial charge < -0.3 is 5.32 Å². The Hall–Kier alpha value is -0.480. The average Bonchev–Trinajstić information content (AvgIpc) is 2.58. The minimum absolute atomic E-state index is 0.616. The Kier molecular flexibility index (Phi) is 2.60. The number of fused-ring (bicyclic) bond motifs is 1. The van der Waals surface area contributed by atoms with Gasteiger partial charge in [-0.3, -0.25) is 0 Å². The van der Waals surface area contributed by atoms with Crippen molar-refractivity contribution in [2.24, 2.45) is 17.8 Å². The second-order valence-electron chi connectivity index (χ2n) is 4.41. The van der Waals surface area contributed by atoms with Gasteiger partial charge in [-0.15, -0.1) is 12.3 Å². The lowest BCUT2D eigenvalue weighted by Gasteiger charge is -2.16. The van der Waals surface area contributed by atoms with E-state index in [0.29, 0.717) is 6.04 Å². The lowest BCUT2D eigenvalue weighted by atomic mass is 10.0. The quantitative estimate of drug-likeness (QED) is 0.648. The molecule has 0 spiro atoms. The van der Waals surface area contributed by atoms with E-state index < -0.39 is 0 Å². The van der Waals surface area contributed by atoms with Gasteiger partial charge in [0.1, 0.15) is 0 Å². The first-order valence-corrected chi connectivity index (χ1v) is 5.55. The second kappa shape index (κ2) is 3.72. The summed E-state index contributed by atoms with van der Waals surface area (Å²) in [5.74, 6) is 5.77. The van der Waals surface area contributed by atoms with Crippen LogP contribution in [0.2, 0.25) is 0 Å². The molecular weight excluding hydrogens is 158 g/mol. The highest BCUT2D eigenvalue weighted by Crippen LogP contribution is 2.59. The third kappa shape index (κ3) is 1.60. The molecule has 0 aromatic rings. The van der Waals surface area contributed by atoms with Crippen LogP contribution in [0.3, 0.4) is 0 Å². The summed E-state index contributed by atoms with van der Waals surface area (Å²) < 4.78 is 0. The van der Waals surface area contributed by atoms with Crippen LogP contribution in [-0.4, -0.2) is 12.6 Å². The summed E-state index contributed by atoms with van der Waals surface area (Å²) in [6.07, 6.45) is 10.7. The van der Waals surface area contributed by atoms with Crippen LogP contribution >= 0.6 is 0 Å². The third-order valence-corrected chi connectivity index (χ3v) is 3.74. The Bertz CT molecular complexity index is 206. The summed E-state index contributed by atoms with van der Waals surface area (Å²) in [6.45, 7) is 3.23. The molecule has 0 heterocycles. The minimum atomic E-state index is 0.616.